The molecular formula is C21H23N3O2S. The maximum absolute atomic E-state index is 12.2. The maximum Gasteiger partial charge on any atom is 0.250 e. The van der Waals surface area contributed by atoms with E-state index < -0.39 is 0 Å². The van der Waals surface area contributed by atoms with Crippen molar-refractivity contribution in [3.05, 3.63) is 62.7 Å². The minimum Gasteiger partial charge on any atom is -0.440 e. The second-order valence-corrected chi connectivity index (χ2v) is 9.11. The Hall–Kier alpha value is -2.18. The summed E-state index contributed by atoms with van der Waals surface area (Å²) >= 11 is 1.71. The summed E-state index contributed by atoms with van der Waals surface area (Å²) in [5.41, 5.74) is 2.36. The van der Waals surface area contributed by atoms with Gasteiger partial charge in [0.2, 0.25) is 5.89 Å². The second-order valence-electron chi connectivity index (χ2n) is 7.82. The zero-order valence-corrected chi connectivity index (χ0v) is 16.5. The van der Waals surface area contributed by atoms with Crippen LogP contribution in [0.25, 0.3) is 10.8 Å². The Morgan fingerprint density at radius 1 is 1.19 bits per heavy atom. The number of hydrogen-bond donors (Lipinski definition) is 0. The fourth-order valence-corrected chi connectivity index (χ4v) is 5.36. The van der Waals surface area contributed by atoms with Crippen molar-refractivity contribution < 1.29 is 4.42 Å². The number of rotatable bonds is 3. The van der Waals surface area contributed by atoms with E-state index >= 15 is 0 Å². The van der Waals surface area contributed by atoms with Gasteiger partial charge in [0.25, 0.3) is 5.56 Å². The van der Waals surface area contributed by atoms with Crippen LogP contribution in [-0.4, -0.2) is 27.5 Å². The van der Waals surface area contributed by atoms with Crippen molar-refractivity contribution >= 4 is 11.3 Å². The molecule has 2 atom stereocenters. The number of pyridine rings is 1. The van der Waals surface area contributed by atoms with Crippen LogP contribution in [0.5, 0.6) is 0 Å². The van der Waals surface area contributed by atoms with Crippen LogP contribution in [0.4, 0.5) is 0 Å². The van der Waals surface area contributed by atoms with Gasteiger partial charge in [-0.3, -0.25) is 9.69 Å². The molecule has 0 amide bonds. The molecule has 2 aliphatic rings. The lowest BCUT2D eigenvalue weighted by Crippen LogP contribution is -2.46. The molecule has 2 bridgehead atoms. The average Bonchev–Trinajstić information content (AvgIpc) is 3.22. The number of likely N-dealkylation sites (tertiary alicyclic amines) is 1. The highest BCUT2D eigenvalue weighted by molar-refractivity contribution is 7.15. The van der Waals surface area contributed by atoms with Gasteiger partial charge in [-0.15, -0.1) is 11.3 Å². The Labute approximate surface area is 162 Å². The molecule has 2 aliphatic heterocycles. The molecule has 0 aromatic carbocycles. The number of thiophene rings is 1. The van der Waals surface area contributed by atoms with Gasteiger partial charge in [0.15, 0.2) is 0 Å². The van der Waals surface area contributed by atoms with Crippen LogP contribution in [0.15, 0.2) is 39.5 Å². The van der Waals surface area contributed by atoms with Crippen LogP contribution in [0.3, 0.4) is 0 Å². The normalized spacial score (nSPS) is 22.0. The molecule has 0 radical (unpaired) electrons. The van der Waals surface area contributed by atoms with E-state index in [1.54, 1.807) is 17.4 Å². The molecule has 1 saturated heterocycles. The summed E-state index contributed by atoms with van der Waals surface area (Å²) in [6.07, 6.45) is 1.18. The van der Waals surface area contributed by atoms with Gasteiger partial charge in [0, 0.05) is 48.7 Å². The summed E-state index contributed by atoms with van der Waals surface area (Å²) in [7, 11) is 0. The minimum absolute atomic E-state index is 0.138. The molecule has 1 fully saturated rings. The first-order chi connectivity index (χ1) is 13.1. The summed E-state index contributed by atoms with van der Waals surface area (Å²) < 4.78 is 7.93. The highest BCUT2D eigenvalue weighted by atomic mass is 32.1. The molecule has 3 aromatic rings. The van der Waals surface area contributed by atoms with Gasteiger partial charge in [-0.1, -0.05) is 6.07 Å². The SMILES string of the molecule is Cc1ccc(-c2nc(CN3CC4CC(C3)c3cccc(=O)n3C4)c(C)o2)s1. The van der Waals surface area contributed by atoms with Gasteiger partial charge < -0.3 is 8.98 Å². The van der Waals surface area contributed by atoms with E-state index in [0.717, 1.165) is 48.4 Å². The van der Waals surface area contributed by atoms with E-state index in [-0.39, 0.29) is 5.56 Å². The Morgan fingerprint density at radius 3 is 2.89 bits per heavy atom. The maximum atomic E-state index is 12.2. The van der Waals surface area contributed by atoms with Crippen molar-refractivity contribution in [3.63, 3.8) is 0 Å². The molecule has 5 heterocycles. The lowest BCUT2D eigenvalue weighted by Gasteiger charge is -2.42. The predicted octanol–water partition coefficient (Wildman–Crippen LogP) is 3.80. The highest BCUT2D eigenvalue weighted by Gasteiger charge is 2.34. The molecule has 2 unspecified atom stereocenters. The summed E-state index contributed by atoms with van der Waals surface area (Å²) in [5, 5.41) is 0. The summed E-state index contributed by atoms with van der Waals surface area (Å²) in [5.74, 6) is 2.60. The third kappa shape index (κ3) is 3.07. The van der Waals surface area contributed by atoms with Crippen LogP contribution in [0.2, 0.25) is 0 Å². The molecular weight excluding hydrogens is 358 g/mol. The van der Waals surface area contributed by atoms with E-state index in [4.69, 9.17) is 9.40 Å². The molecule has 5 nitrogen and oxygen atoms in total. The smallest absolute Gasteiger partial charge is 0.250 e. The molecule has 3 aromatic heterocycles. The third-order valence-electron chi connectivity index (χ3n) is 5.77. The van der Waals surface area contributed by atoms with E-state index in [0.29, 0.717) is 11.8 Å². The van der Waals surface area contributed by atoms with Gasteiger partial charge in [-0.25, -0.2) is 4.98 Å². The van der Waals surface area contributed by atoms with Crippen LogP contribution < -0.4 is 5.56 Å². The molecule has 5 rings (SSSR count). The number of aromatic nitrogens is 2. The van der Waals surface area contributed by atoms with Crippen molar-refractivity contribution in [1.29, 1.82) is 0 Å². The first kappa shape index (κ1) is 17.0. The largest absolute Gasteiger partial charge is 0.440 e. The van der Waals surface area contributed by atoms with Crippen molar-refractivity contribution in [2.45, 2.75) is 39.3 Å². The zero-order valence-electron chi connectivity index (χ0n) is 15.6. The van der Waals surface area contributed by atoms with E-state index in [1.807, 2.05) is 17.6 Å². The predicted molar refractivity (Wildman–Crippen MR) is 106 cm³/mol. The number of hydrogen-bond acceptors (Lipinski definition) is 5. The lowest BCUT2D eigenvalue weighted by atomic mass is 9.83. The molecule has 27 heavy (non-hydrogen) atoms. The molecule has 0 saturated carbocycles. The van der Waals surface area contributed by atoms with E-state index in [2.05, 4.69) is 30.0 Å². The number of fused-ring (bicyclic) bond motifs is 4. The molecule has 0 N–H and O–H groups in total. The fraction of sp³-hybridized carbons (Fsp3) is 0.429. The van der Waals surface area contributed by atoms with Gasteiger partial charge in [0.1, 0.15) is 5.76 Å². The first-order valence-electron chi connectivity index (χ1n) is 9.52. The fourth-order valence-electron chi connectivity index (χ4n) is 4.57. The second kappa shape index (κ2) is 6.46. The number of nitrogens with zero attached hydrogens (tertiary/aromatic N) is 3. The van der Waals surface area contributed by atoms with Crippen molar-refractivity contribution in [3.8, 4) is 10.8 Å². The van der Waals surface area contributed by atoms with Gasteiger partial charge in [0.05, 0.1) is 10.6 Å². The van der Waals surface area contributed by atoms with E-state index in [1.165, 1.54) is 17.0 Å². The van der Waals surface area contributed by atoms with Crippen LogP contribution in [0.1, 0.15) is 34.4 Å². The molecule has 6 heteroatoms. The Bertz CT molecular complexity index is 1050. The Kier molecular flexibility index (Phi) is 4.06. The van der Waals surface area contributed by atoms with Gasteiger partial charge in [-0.05, 0) is 44.4 Å². The average molecular weight is 382 g/mol. The van der Waals surface area contributed by atoms with Crippen molar-refractivity contribution in [2.24, 2.45) is 5.92 Å². The topological polar surface area (TPSA) is 51.3 Å². The van der Waals surface area contributed by atoms with E-state index in [9.17, 15) is 4.79 Å². The number of piperidine rings is 1. The number of oxazole rings is 1. The third-order valence-corrected chi connectivity index (χ3v) is 6.76. The van der Waals surface area contributed by atoms with Crippen molar-refractivity contribution in [2.75, 3.05) is 13.1 Å². The molecule has 0 aliphatic carbocycles. The Balaban J connectivity index is 1.37. The lowest BCUT2D eigenvalue weighted by molar-refractivity contribution is 0.113. The quantitative estimate of drug-likeness (QED) is 0.692. The van der Waals surface area contributed by atoms with Gasteiger partial charge in [-0.2, -0.15) is 0 Å². The summed E-state index contributed by atoms with van der Waals surface area (Å²) in [6.45, 7) is 7.73. The zero-order chi connectivity index (χ0) is 18.5. The number of aryl methyl sites for hydroxylation is 2. The highest BCUT2D eigenvalue weighted by Crippen LogP contribution is 2.36. The molecule has 140 valence electrons. The van der Waals surface area contributed by atoms with Crippen LogP contribution in [-0.2, 0) is 13.1 Å². The summed E-state index contributed by atoms with van der Waals surface area (Å²) in [6, 6.07) is 9.86. The first-order valence-corrected chi connectivity index (χ1v) is 10.3. The van der Waals surface area contributed by atoms with Crippen LogP contribution >= 0.6 is 11.3 Å². The monoisotopic (exact) mass is 381 g/mol. The summed E-state index contributed by atoms with van der Waals surface area (Å²) in [4.78, 5) is 21.8. The minimum atomic E-state index is 0.138. The Morgan fingerprint density at radius 2 is 2.07 bits per heavy atom. The van der Waals surface area contributed by atoms with Crippen LogP contribution in [0, 0.1) is 19.8 Å². The molecule has 0 spiro atoms. The van der Waals surface area contributed by atoms with Gasteiger partial charge >= 0.3 is 0 Å². The van der Waals surface area contributed by atoms with Crippen molar-refractivity contribution in [1.82, 2.24) is 14.5 Å². The standard InChI is InChI=1S/C21H23N3O2S/c1-13-6-7-19(27-13)21-22-17(14(2)26-21)12-23-9-15-8-16(11-23)18-4-3-5-20(25)24(18)10-15/h3-7,15-16H,8-12H2,1-2H3.